The standard InChI is InChI=1S/C18H23N5O/c1-4-16-20-14-8-6-7-9-15(14)22(16)11-10-17(24)21-18-13(3)12-19-23(18)5-2/h6-9,12H,4-5,10-11H2,1-3H3,(H,21,24). The summed E-state index contributed by atoms with van der Waals surface area (Å²) >= 11 is 0. The van der Waals surface area contributed by atoms with Gasteiger partial charge in [0.05, 0.1) is 17.2 Å². The average molecular weight is 325 g/mol. The molecular weight excluding hydrogens is 302 g/mol. The number of imidazole rings is 1. The summed E-state index contributed by atoms with van der Waals surface area (Å²) in [7, 11) is 0. The SMILES string of the molecule is CCc1nc2ccccc2n1CCC(=O)Nc1c(C)cnn1CC. The molecule has 2 heterocycles. The lowest BCUT2D eigenvalue weighted by atomic mass is 10.3. The number of hydrogen-bond acceptors (Lipinski definition) is 3. The van der Waals surface area contributed by atoms with Crippen LogP contribution in [0.2, 0.25) is 0 Å². The maximum atomic E-state index is 12.4. The van der Waals surface area contributed by atoms with E-state index in [1.54, 1.807) is 10.9 Å². The highest BCUT2D eigenvalue weighted by Gasteiger charge is 2.13. The van der Waals surface area contributed by atoms with E-state index in [0.717, 1.165) is 41.2 Å². The first-order chi connectivity index (χ1) is 11.6. The predicted molar refractivity (Wildman–Crippen MR) is 95.0 cm³/mol. The van der Waals surface area contributed by atoms with Gasteiger partial charge < -0.3 is 9.88 Å². The molecule has 0 bridgehead atoms. The van der Waals surface area contributed by atoms with E-state index < -0.39 is 0 Å². The quantitative estimate of drug-likeness (QED) is 0.757. The molecule has 3 rings (SSSR count). The van der Waals surface area contributed by atoms with Crippen molar-refractivity contribution in [1.29, 1.82) is 0 Å². The number of carbonyl (C=O) groups excluding carboxylic acids is 1. The number of carbonyl (C=O) groups is 1. The Bertz CT molecular complexity index is 862. The normalized spacial score (nSPS) is 11.1. The topological polar surface area (TPSA) is 64.7 Å². The van der Waals surface area contributed by atoms with Crippen molar-refractivity contribution in [3.8, 4) is 0 Å². The van der Waals surface area contributed by atoms with Gasteiger partial charge in [0.2, 0.25) is 5.91 Å². The van der Waals surface area contributed by atoms with Gasteiger partial charge in [0.1, 0.15) is 11.6 Å². The van der Waals surface area contributed by atoms with Gasteiger partial charge in [0.15, 0.2) is 0 Å². The Morgan fingerprint density at radius 3 is 2.79 bits per heavy atom. The summed E-state index contributed by atoms with van der Waals surface area (Å²) in [5.74, 6) is 1.79. The lowest BCUT2D eigenvalue weighted by molar-refractivity contribution is -0.116. The summed E-state index contributed by atoms with van der Waals surface area (Å²) in [6, 6.07) is 8.05. The van der Waals surface area contributed by atoms with E-state index in [2.05, 4.69) is 33.0 Å². The van der Waals surface area contributed by atoms with Gasteiger partial charge in [0.25, 0.3) is 0 Å². The lowest BCUT2D eigenvalue weighted by Crippen LogP contribution is -2.18. The van der Waals surface area contributed by atoms with Crippen molar-refractivity contribution in [2.75, 3.05) is 5.32 Å². The van der Waals surface area contributed by atoms with Gasteiger partial charge in [-0.2, -0.15) is 5.10 Å². The molecule has 0 saturated carbocycles. The molecule has 0 aliphatic carbocycles. The minimum Gasteiger partial charge on any atom is -0.327 e. The van der Waals surface area contributed by atoms with Crippen LogP contribution < -0.4 is 5.32 Å². The first-order valence-electron chi connectivity index (χ1n) is 8.40. The molecule has 24 heavy (non-hydrogen) atoms. The fourth-order valence-electron chi connectivity index (χ4n) is 2.93. The van der Waals surface area contributed by atoms with Crippen LogP contribution >= 0.6 is 0 Å². The zero-order valence-electron chi connectivity index (χ0n) is 14.4. The van der Waals surface area contributed by atoms with Crippen LogP contribution in [0.25, 0.3) is 11.0 Å². The number of nitrogens with zero attached hydrogens (tertiary/aromatic N) is 4. The molecule has 0 radical (unpaired) electrons. The van der Waals surface area contributed by atoms with Gasteiger partial charge >= 0.3 is 0 Å². The number of fused-ring (bicyclic) bond motifs is 1. The van der Waals surface area contributed by atoms with Gasteiger partial charge in [0, 0.05) is 31.5 Å². The third-order valence-electron chi connectivity index (χ3n) is 4.19. The van der Waals surface area contributed by atoms with Gasteiger partial charge in [-0.15, -0.1) is 0 Å². The van der Waals surface area contributed by atoms with Gasteiger partial charge in [-0.3, -0.25) is 4.79 Å². The largest absolute Gasteiger partial charge is 0.327 e. The fourth-order valence-corrected chi connectivity index (χ4v) is 2.93. The van der Waals surface area contributed by atoms with Crippen molar-refractivity contribution in [3.05, 3.63) is 41.9 Å². The van der Waals surface area contributed by atoms with E-state index in [-0.39, 0.29) is 5.91 Å². The highest BCUT2D eigenvalue weighted by Crippen LogP contribution is 2.18. The Labute approximate surface area is 141 Å². The molecule has 2 aromatic heterocycles. The molecule has 6 heteroatoms. The third kappa shape index (κ3) is 3.04. The molecular formula is C18H23N5O. The molecule has 0 aliphatic rings. The molecule has 3 aromatic rings. The van der Waals surface area contributed by atoms with Crippen LogP contribution in [0.15, 0.2) is 30.5 Å². The molecule has 0 saturated heterocycles. The first-order valence-corrected chi connectivity index (χ1v) is 8.40. The molecule has 0 aliphatic heterocycles. The second-order valence-electron chi connectivity index (χ2n) is 5.81. The summed E-state index contributed by atoms with van der Waals surface area (Å²) in [6.07, 6.45) is 3.03. The molecule has 0 fully saturated rings. The third-order valence-corrected chi connectivity index (χ3v) is 4.19. The Morgan fingerprint density at radius 2 is 2.04 bits per heavy atom. The zero-order chi connectivity index (χ0) is 17.1. The summed E-state index contributed by atoms with van der Waals surface area (Å²) in [5.41, 5.74) is 3.04. The second kappa shape index (κ2) is 6.86. The monoisotopic (exact) mass is 325 g/mol. The molecule has 1 aromatic carbocycles. The summed E-state index contributed by atoms with van der Waals surface area (Å²) in [6.45, 7) is 7.39. The van der Waals surface area contributed by atoms with Crippen molar-refractivity contribution in [1.82, 2.24) is 19.3 Å². The van der Waals surface area contributed by atoms with Gasteiger partial charge in [-0.25, -0.2) is 9.67 Å². The molecule has 1 N–H and O–H groups in total. The van der Waals surface area contributed by atoms with E-state index in [0.29, 0.717) is 13.0 Å². The molecule has 1 amide bonds. The van der Waals surface area contributed by atoms with Crippen LogP contribution in [-0.4, -0.2) is 25.2 Å². The number of aryl methyl sites for hydroxylation is 4. The lowest BCUT2D eigenvalue weighted by Gasteiger charge is -2.10. The van der Waals surface area contributed by atoms with Crippen LogP contribution in [0, 0.1) is 6.92 Å². The predicted octanol–water partition coefficient (Wildman–Crippen LogP) is 3.15. The smallest absolute Gasteiger partial charge is 0.227 e. The Morgan fingerprint density at radius 1 is 1.25 bits per heavy atom. The van der Waals surface area contributed by atoms with E-state index in [4.69, 9.17) is 0 Å². The minimum atomic E-state index is -0.00636. The van der Waals surface area contributed by atoms with Gasteiger partial charge in [-0.05, 0) is 26.0 Å². The molecule has 126 valence electrons. The fraction of sp³-hybridized carbons (Fsp3) is 0.389. The first kappa shape index (κ1) is 16.2. The van der Waals surface area contributed by atoms with Crippen molar-refractivity contribution >= 4 is 22.8 Å². The van der Waals surface area contributed by atoms with Crippen LogP contribution in [0.4, 0.5) is 5.82 Å². The van der Waals surface area contributed by atoms with E-state index in [1.165, 1.54) is 0 Å². The van der Waals surface area contributed by atoms with Crippen LogP contribution in [0.3, 0.4) is 0 Å². The minimum absolute atomic E-state index is 0.00636. The van der Waals surface area contributed by atoms with Crippen molar-refractivity contribution < 1.29 is 4.79 Å². The molecule has 0 unspecified atom stereocenters. The van der Waals surface area contributed by atoms with E-state index >= 15 is 0 Å². The molecule has 0 atom stereocenters. The Balaban J connectivity index is 1.74. The number of nitrogens with one attached hydrogen (secondary N) is 1. The van der Waals surface area contributed by atoms with Crippen LogP contribution in [0.5, 0.6) is 0 Å². The maximum Gasteiger partial charge on any atom is 0.227 e. The van der Waals surface area contributed by atoms with Crippen molar-refractivity contribution in [2.45, 2.75) is 46.7 Å². The molecule has 0 spiro atoms. The number of hydrogen-bond donors (Lipinski definition) is 1. The van der Waals surface area contributed by atoms with E-state index in [9.17, 15) is 4.79 Å². The number of para-hydroxylation sites is 2. The van der Waals surface area contributed by atoms with Crippen LogP contribution in [-0.2, 0) is 24.3 Å². The highest BCUT2D eigenvalue weighted by atomic mass is 16.1. The second-order valence-corrected chi connectivity index (χ2v) is 5.81. The Kier molecular flexibility index (Phi) is 4.64. The maximum absolute atomic E-state index is 12.4. The number of anilines is 1. The van der Waals surface area contributed by atoms with Crippen molar-refractivity contribution in [2.24, 2.45) is 0 Å². The summed E-state index contributed by atoms with van der Waals surface area (Å²) < 4.78 is 3.94. The average Bonchev–Trinajstić information content (AvgIpc) is 3.13. The van der Waals surface area contributed by atoms with Crippen molar-refractivity contribution in [3.63, 3.8) is 0 Å². The Hall–Kier alpha value is -2.63. The number of benzene rings is 1. The summed E-state index contributed by atoms with van der Waals surface area (Å²) in [5, 5.41) is 7.24. The van der Waals surface area contributed by atoms with Crippen LogP contribution in [0.1, 0.15) is 31.7 Å². The van der Waals surface area contributed by atoms with Gasteiger partial charge in [-0.1, -0.05) is 19.1 Å². The highest BCUT2D eigenvalue weighted by molar-refractivity contribution is 5.90. The molecule has 6 nitrogen and oxygen atoms in total. The summed E-state index contributed by atoms with van der Waals surface area (Å²) in [4.78, 5) is 17.0. The number of rotatable bonds is 6. The zero-order valence-corrected chi connectivity index (χ0v) is 14.4. The number of amides is 1. The van der Waals surface area contributed by atoms with E-state index in [1.807, 2.05) is 32.0 Å². The number of aromatic nitrogens is 4.